The van der Waals surface area contributed by atoms with E-state index in [0.29, 0.717) is 18.7 Å². The van der Waals surface area contributed by atoms with Crippen LogP contribution in [-0.4, -0.2) is 31.5 Å². The van der Waals surface area contributed by atoms with E-state index in [-0.39, 0.29) is 11.3 Å². The average Bonchev–Trinajstić information content (AvgIpc) is 2.30. The van der Waals surface area contributed by atoms with Crippen molar-refractivity contribution >= 4 is 33.4 Å². The van der Waals surface area contributed by atoms with E-state index in [1.165, 1.54) is 0 Å². The molecule has 1 aromatic carbocycles. The van der Waals surface area contributed by atoms with Crippen molar-refractivity contribution in [3.05, 3.63) is 33.8 Å². The zero-order valence-corrected chi connectivity index (χ0v) is 12.1. The minimum absolute atomic E-state index is 0.132. The van der Waals surface area contributed by atoms with Crippen LogP contribution in [0.25, 0.3) is 0 Å². The maximum Gasteiger partial charge on any atom is 0.251 e. The van der Waals surface area contributed by atoms with Gasteiger partial charge in [0.15, 0.2) is 0 Å². The number of aryl methyl sites for hydroxylation is 1. The van der Waals surface area contributed by atoms with Gasteiger partial charge in [0.1, 0.15) is 0 Å². The Labute approximate surface area is 115 Å². The Bertz CT molecular complexity index is 398. The summed E-state index contributed by atoms with van der Waals surface area (Å²) in [5, 5.41) is 2.55. The van der Waals surface area contributed by atoms with E-state index < -0.39 is 0 Å². The van der Waals surface area contributed by atoms with Crippen molar-refractivity contribution in [3.63, 3.8) is 0 Å². The van der Waals surface area contributed by atoms with Gasteiger partial charge in [-0.25, -0.2) is 0 Å². The fourth-order valence-electron chi connectivity index (χ4n) is 1.28. The van der Waals surface area contributed by atoms with Crippen LogP contribution in [0.4, 0.5) is 0 Å². The Morgan fingerprint density at radius 3 is 2.88 bits per heavy atom. The van der Waals surface area contributed by atoms with Crippen LogP contribution in [0, 0.1) is 6.92 Å². The van der Waals surface area contributed by atoms with E-state index in [9.17, 15) is 4.79 Å². The van der Waals surface area contributed by atoms with Crippen LogP contribution in [0.3, 0.4) is 0 Å². The van der Waals surface area contributed by atoms with Crippen molar-refractivity contribution in [2.24, 2.45) is 0 Å². The van der Waals surface area contributed by atoms with Crippen molar-refractivity contribution in [2.45, 2.75) is 12.3 Å². The number of halogens is 2. The van der Waals surface area contributed by atoms with Gasteiger partial charge in [-0.05, 0) is 24.6 Å². The molecule has 0 bridgehead atoms. The lowest BCUT2D eigenvalue weighted by molar-refractivity contribution is 0.0949. The summed E-state index contributed by atoms with van der Waals surface area (Å²) < 4.78 is 5.81. The first-order valence-corrected chi connectivity index (χ1v) is 6.45. The quantitative estimate of drug-likeness (QED) is 0.847. The molecule has 0 saturated carbocycles. The minimum atomic E-state index is -0.210. The van der Waals surface area contributed by atoms with E-state index in [0.717, 1.165) is 10.0 Å². The minimum Gasteiger partial charge on any atom is -0.383 e. The van der Waals surface area contributed by atoms with Crippen LogP contribution < -0.4 is 5.32 Å². The van der Waals surface area contributed by atoms with Crippen molar-refractivity contribution in [3.8, 4) is 0 Å². The van der Waals surface area contributed by atoms with Gasteiger partial charge < -0.3 is 10.1 Å². The summed E-state index contributed by atoms with van der Waals surface area (Å²) in [6.07, 6.45) is 0. The Kier molecular flexibility index (Phi) is 5.95. The van der Waals surface area contributed by atoms with Gasteiger partial charge in [0.25, 0.3) is 5.91 Å². The van der Waals surface area contributed by atoms with E-state index >= 15 is 0 Å². The lowest BCUT2D eigenvalue weighted by atomic mass is 10.1. The molecule has 1 N–H and O–H groups in total. The summed E-state index contributed by atoms with van der Waals surface area (Å²) in [6, 6.07) is 5.48. The summed E-state index contributed by atoms with van der Waals surface area (Å²) in [4.78, 5) is 11.8. The topological polar surface area (TPSA) is 38.3 Å². The highest BCUT2D eigenvalue weighted by molar-refractivity contribution is 9.10. The largest absolute Gasteiger partial charge is 0.383 e. The third kappa shape index (κ3) is 4.66. The Hall–Kier alpha value is -0.580. The number of hydrogen-bond donors (Lipinski definition) is 1. The van der Waals surface area contributed by atoms with Crippen LogP contribution in [-0.2, 0) is 4.74 Å². The number of rotatable bonds is 5. The number of benzene rings is 1. The first-order valence-electron chi connectivity index (χ1n) is 5.22. The maximum absolute atomic E-state index is 11.8. The average molecular weight is 321 g/mol. The van der Waals surface area contributed by atoms with Crippen molar-refractivity contribution < 1.29 is 9.53 Å². The Morgan fingerprint density at radius 1 is 1.59 bits per heavy atom. The van der Waals surface area contributed by atoms with Crippen LogP contribution >= 0.6 is 27.5 Å². The van der Waals surface area contributed by atoms with Gasteiger partial charge >= 0.3 is 0 Å². The van der Waals surface area contributed by atoms with Crippen LogP contribution in [0.5, 0.6) is 0 Å². The second kappa shape index (κ2) is 6.99. The molecule has 0 fully saturated rings. The van der Waals surface area contributed by atoms with Crippen molar-refractivity contribution in [1.29, 1.82) is 0 Å². The van der Waals surface area contributed by atoms with E-state index in [1.54, 1.807) is 19.2 Å². The zero-order valence-electron chi connectivity index (χ0n) is 9.80. The summed E-state index contributed by atoms with van der Waals surface area (Å²) >= 11 is 9.31. The predicted octanol–water partition coefficient (Wildman–Crippen LogP) is 2.74. The smallest absolute Gasteiger partial charge is 0.251 e. The molecule has 1 aromatic rings. The molecule has 1 rings (SSSR count). The van der Waals surface area contributed by atoms with Gasteiger partial charge in [0.05, 0.1) is 12.0 Å². The first-order chi connectivity index (χ1) is 8.04. The molecule has 0 aromatic heterocycles. The second-order valence-electron chi connectivity index (χ2n) is 3.73. The Balaban J connectivity index is 2.55. The summed E-state index contributed by atoms with van der Waals surface area (Å²) in [7, 11) is 1.58. The standard InChI is InChI=1S/C12H15BrClNO2/c1-8-3-4-9(5-11(8)13)12(16)15-6-10(14)7-17-2/h3-5,10H,6-7H2,1-2H3,(H,15,16). The first kappa shape index (κ1) is 14.5. The van der Waals surface area contributed by atoms with Crippen molar-refractivity contribution in [1.82, 2.24) is 5.32 Å². The molecule has 0 spiro atoms. The van der Waals surface area contributed by atoms with Crippen LogP contribution in [0.15, 0.2) is 22.7 Å². The van der Waals surface area contributed by atoms with Gasteiger partial charge in [-0.15, -0.1) is 11.6 Å². The van der Waals surface area contributed by atoms with Crippen molar-refractivity contribution in [2.75, 3.05) is 20.3 Å². The lowest BCUT2D eigenvalue weighted by Crippen LogP contribution is -2.31. The van der Waals surface area contributed by atoms with Gasteiger partial charge in [0, 0.05) is 23.7 Å². The molecular weight excluding hydrogens is 305 g/mol. The molecule has 1 atom stereocenters. The molecule has 94 valence electrons. The number of alkyl halides is 1. The normalized spacial score (nSPS) is 12.2. The number of nitrogens with one attached hydrogen (secondary N) is 1. The third-order valence-electron chi connectivity index (χ3n) is 2.27. The highest BCUT2D eigenvalue weighted by Gasteiger charge is 2.09. The van der Waals surface area contributed by atoms with Gasteiger partial charge in [-0.1, -0.05) is 22.0 Å². The van der Waals surface area contributed by atoms with Crippen LogP contribution in [0.1, 0.15) is 15.9 Å². The number of carbonyl (C=O) groups excluding carboxylic acids is 1. The van der Waals surface area contributed by atoms with Crippen LogP contribution in [0.2, 0.25) is 0 Å². The number of hydrogen-bond acceptors (Lipinski definition) is 2. The third-order valence-corrected chi connectivity index (χ3v) is 3.40. The number of ether oxygens (including phenoxy) is 1. The fourth-order valence-corrected chi connectivity index (χ4v) is 1.86. The molecule has 5 heteroatoms. The predicted molar refractivity (Wildman–Crippen MR) is 72.7 cm³/mol. The highest BCUT2D eigenvalue weighted by atomic mass is 79.9. The molecule has 0 heterocycles. The van der Waals surface area contributed by atoms with Gasteiger partial charge in [0.2, 0.25) is 0 Å². The number of methoxy groups -OCH3 is 1. The molecule has 0 saturated heterocycles. The maximum atomic E-state index is 11.8. The molecular formula is C12H15BrClNO2. The van der Waals surface area contributed by atoms with E-state index in [4.69, 9.17) is 16.3 Å². The zero-order chi connectivity index (χ0) is 12.8. The molecule has 1 unspecified atom stereocenters. The molecule has 3 nitrogen and oxygen atoms in total. The Morgan fingerprint density at radius 2 is 2.29 bits per heavy atom. The highest BCUT2D eigenvalue weighted by Crippen LogP contribution is 2.17. The van der Waals surface area contributed by atoms with E-state index in [2.05, 4.69) is 21.2 Å². The van der Waals surface area contributed by atoms with Gasteiger partial charge in [-0.3, -0.25) is 4.79 Å². The fraction of sp³-hybridized carbons (Fsp3) is 0.417. The number of carbonyl (C=O) groups is 1. The molecule has 0 aliphatic heterocycles. The van der Waals surface area contributed by atoms with E-state index in [1.807, 2.05) is 13.0 Å². The summed E-state index contributed by atoms with van der Waals surface area (Å²) in [6.45, 7) is 2.78. The molecule has 0 radical (unpaired) electrons. The molecule has 1 amide bonds. The molecule has 17 heavy (non-hydrogen) atoms. The summed E-state index contributed by atoms with van der Waals surface area (Å²) in [5.74, 6) is -0.132. The molecule has 0 aliphatic rings. The molecule has 0 aliphatic carbocycles. The number of amides is 1. The SMILES string of the molecule is COCC(Cl)CNC(=O)c1ccc(C)c(Br)c1. The summed E-state index contributed by atoms with van der Waals surface area (Å²) in [5.41, 5.74) is 1.71. The van der Waals surface area contributed by atoms with Gasteiger partial charge in [-0.2, -0.15) is 0 Å². The monoisotopic (exact) mass is 319 g/mol. The lowest BCUT2D eigenvalue weighted by Gasteiger charge is -2.10. The second-order valence-corrected chi connectivity index (χ2v) is 5.20.